The third kappa shape index (κ3) is 3.95. The monoisotopic (exact) mass is 303 g/mol. The van der Waals surface area contributed by atoms with Gasteiger partial charge >= 0.3 is 0 Å². The lowest BCUT2D eigenvalue weighted by molar-refractivity contribution is 0.0767. The zero-order valence-electron chi connectivity index (χ0n) is 12.1. The van der Waals surface area contributed by atoms with E-state index in [2.05, 4.69) is 10.3 Å². The van der Waals surface area contributed by atoms with Gasteiger partial charge in [0.1, 0.15) is 5.69 Å². The van der Waals surface area contributed by atoms with Crippen LogP contribution in [0.1, 0.15) is 24.3 Å². The van der Waals surface area contributed by atoms with Crippen molar-refractivity contribution in [3.8, 4) is 0 Å². The Balaban J connectivity index is 2.08. The van der Waals surface area contributed by atoms with Crippen molar-refractivity contribution in [2.75, 3.05) is 18.4 Å². The van der Waals surface area contributed by atoms with Crippen LogP contribution in [0.3, 0.4) is 0 Å². The van der Waals surface area contributed by atoms with Gasteiger partial charge < -0.3 is 10.2 Å². The van der Waals surface area contributed by atoms with Crippen molar-refractivity contribution in [3.63, 3.8) is 0 Å². The summed E-state index contributed by atoms with van der Waals surface area (Å²) < 4.78 is 0. The summed E-state index contributed by atoms with van der Waals surface area (Å²) in [5.74, 6) is -0.0435. The molecule has 0 atom stereocenters. The molecule has 0 spiro atoms. The van der Waals surface area contributed by atoms with E-state index < -0.39 is 0 Å². The average Bonchev–Trinajstić information content (AvgIpc) is 2.51. The van der Waals surface area contributed by atoms with Gasteiger partial charge in [0, 0.05) is 23.8 Å². The van der Waals surface area contributed by atoms with Crippen LogP contribution in [0.2, 0.25) is 5.02 Å². The van der Waals surface area contributed by atoms with Crippen LogP contribution in [0, 0.1) is 0 Å². The maximum Gasteiger partial charge on any atom is 0.272 e. The Morgan fingerprint density at radius 1 is 1.10 bits per heavy atom. The second-order valence-corrected chi connectivity index (χ2v) is 4.98. The molecule has 0 saturated carbocycles. The lowest BCUT2D eigenvalue weighted by Gasteiger charge is -2.18. The standard InChI is InChI=1S/C16H18ClN3O/c1-3-20(4-2)16(21)15-10-9-14(11-18-15)19-13-7-5-12(17)6-8-13/h5-11,19H,3-4H2,1-2H3. The highest BCUT2D eigenvalue weighted by molar-refractivity contribution is 6.30. The zero-order valence-corrected chi connectivity index (χ0v) is 12.9. The number of benzene rings is 1. The van der Waals surface area contributed by atoms with E-state index in [1.54, 1.807) is 17.2 Å². The summed E-state index contributed by atoms with van der Waals surface area (Å²) in [6.07, 6.45) is 1.66. The molecule has 0 fully saturated rings. The van der Waals surface area contributed by atoms with Crippen LogP contribution in [0.25, 0.3) is 0 Å². The number of hydrogen-bond donors (Lipinski definition) is 1. The van der Waals surface area contributed by atoms with E-state index in [0.717, 1.165) is 11.4 Å². The number of anilines is 2. The Kier molecular flexibility index (Phi) is 5.17. The van der Waals surface area contributed by atoms with Crippen LogP contribution in [0.5, 0.6) is 0 Å². The maximum atomic E-state index is 12.1. The van der Waals surface area contributed by atoms with E-state index in [1.165, 1.54) is 0 Å². The number of aromatic nitrogens is 1. The smallest absolute Gasteiger partial charge is 0.272 e. The molecule has 2 rings (SSSR count). The second kappa shape index (κ2) is 7.09. The third-order valence-electron chi connectivity index (χ3n) is 3.17. The molecule has 2 aromatic rings. The Morgan fingerprint density at radius 3 is 2.24 bits per heavy atom. The van der Waals surface area contributed by atoms with Crippen molar-refractivity contribution in [2.45, 2.75) is 13.8 Å². The number of carbonyl (C=O) groups is 1. The van der Waals surface area contributed by atoms with Gasteiger partial charge in [-0.05, 0) is 50.2 Å². The van der Waals surface area contributed by atoms with Crippen molar-refractivity contribution >= 4 is 28.9 Å². The van der Waals surface area contributed by atoms with Crippen LogP contribution < -0.4 is 5.32 Å². The summed E-state index contributed by atoms with van der Waals surface area (Å²) >= 11 is 5.85. The van der Waals surface area contributed by atoms with Crippen LogP contribution in [0.15, 0.2) is 42.6 Å². The van der Waals surface area contributed by atoms with Crippen LogP contribution >= 0.6 is 11.6 Å². The van der Waals surface area contributed by atoms with E-state index in [0.29, 0.717) is 23.8 Å². The summed E-state index contributed by atoms with van der Waals surface area (Å²) in [5, 5.41) is 3.90. The summed E-state index contributed by atoms with van der Waals surface area (Å²) in [6, 6.07) is 11.0. The first-order valence-electron chi connectivity index (χ1n) is 6.92. The minimum Gasteiger partial charge on any atom is -0.354 e. The molecule has 5 heteroatoms. The minimum atomic E-state index is -0.0435. The molecule has 1 heterocycles. The summed E-state index contributed by atoms with van der Waals surface area (Å²) in [7, 11) is 0. The molecular weight excluding hydrogens is 286 g/mol. The topological polar surface area (TPSA) is 45.2 Å². The number of nitrogens with zero attached hydrogens (tertiary/aromatic N) is 2. The molecule has 0 aliphatic carbocycles. The first-order valence-corrected chi connectivity index (χ1v) is 7.29. The molecule has 1 amide bonds. The number of halogens is 1. The van der Waals surface area contributed by atoms with Gasteiger partial charge in [-0.25, -0.2) is 4.98 Å². The predicted octanol–water partition coefficient (Wildman–Crippen LogP) is 3.96. The molecule has 0 radical (unpaired) electrons. The second-order valence-electron chi connectivity index (χ2n) is 4.54. The van der Waals surface area contributed by atoms with E-state index in [-0.39, 0.29) is 5.91 Å². The number of hydrogen-bond acceptors (Lipinski definition) is 3. The summed E-state index contributed by atoms with van der Waals surface area (Å²) in [5.41, 5.74) is 2.21. The molecule has 110 valence electrons. The highest BCUT2D eigenvalue weighted by Crippen LogP contribution is 2.18. The van der Waals surface area contributed by atoms with E-state index in [4.69, 9.17) is 11.6 Å². The highest BCUT2D eigenvalue weighted by Gasteiger charge is 2.13. The SMILES string of the molecule is CCN(CC)C(=O)c1ccc(Nc2ccc(Cl)cc2)cn1. The van der Waals surface area contributed by atoms with Gasteiger partial charge in [0.25, 0.3) is 5.91 Å². The summed E-state index contributed by atoms with van der Waals surface area (Å²) in [4.78, 5) is 18.1. The van der Waals surface area contributed by atoms with E-state index in [1.807, 2.05) is 44.2 Å². The quantitative estimate of drug-likeness (QED) is 0.909. The van der Waals surface area contributed by atoms with Gasteiger partial charge in [-0.1, -0.05) is 11.6 Å². The van der Waals surface area contributed by atoms with Crippen molar-refractivity contribution < 1.29 is 4.79 Å². The maximum absolute atomic E-state index is 12.1. The normalized spacial score (nSPS) is 10.2. The number of nitrogens with one attached hydrogen (secondary N) is 1. The molecule has 0 aliphatic heterocycles. The number of carbonyl (C=O) groups excluding carboxylic acids is 1. The number of amides is 1. The van der Waals surface area contributed by atoms with E-state index in [9.17, 15) is 4.79 Å². The van der Waals surface area contributed by atoms with E-state index >= 15 is 0 Å². The molecule has 0 aliphatic rings. The molecule has 0 unspecified atom stereocenters. The van der Waals surface area contributed by atoms with Gasteiger partial charge in [0.15, 0.2) is 0 Å². The lowest BCUT2D eigenvalue weighted by atomic mass is 10.2. The van der Waals surface area contributed by atoms with Crippen LogP contribution in [-0.4, -0.2) is 28.9 Å². The number of rotatable bonds is 5. The lowest BCUT2D eigenvalue weighted by Crippen LogP contribution is -2.31. The first-order chi connectivity index (χ1) is 10.1. The van der Waals surface area contributed by atoms with Crippen molar-refractivity contribution in [1.82, 2.24) is 9.88 Å². The molecule has 21 heavy (non-hydrogen) atoms. The van der Waals surface area contributed by atoms with Crippen LogP contribution in [-0.2, 0) is 0 Å². The molecule has 1 N–H and O–H groups in total. The Bertz CT molecular complexity index is 592. The fourth-order valence-corrected chi connectivity index (χ4v) is 2.09. The molecule has 0 saturated heterocycles. The molecule has 0 bridgehead atoms. The Labute approximate surface area is 129 Å². The largest absolute Gasteiger partial charge is 0.354 e. The summed E-state index contributed by atoms with van der Waals surface area (Å²) in [6.45, 7) is 5.28. The Hall–Kier alpha value is -2.07. The predicted molar refractivity (Wildman–Crippen MR) is 86.2 cm³/mol. The number of pyridine rings is 1. The van der Waals surface area contributed by atoms with Gasteiger partial charge in [-0.15, -0.1) is 0 Å². The molecule has 1 aromatic carbocycles. The highest BCUT2D eigenvalue weighted by atomic mass is 35.5. The molecule has 4 nitrogen and oxygen atoms in total. The minimum absolute atomic E-state index is 0.0435. The first kappa shape index (κ1) is 15.3. The van der Waals surface area contributed by atoms with Crippen molar-refractivity contribution in [2.24, 2.45) is 0 Å². The van der Waals surface area contributed by atoms with Gasteiger partial charge in [0.05, 0.1) is 11.9 Å². The molecule has 1 aromatic heterocycles. The average molecular weight is 304 g/mol. The Morgan fingerprint density at radius 2 is 1.71 bits per heavy atom. The van der Waals surface area contributed by atoms with Gasteiger partial charge in [0.2, 0.25) is 0 Å². The third-order valence-corrected chi connectivity index (χ3v) is 3.42. The fourth-order valence-electron chi connectivity index (χ4n) is 1.97. The van der Waals surface area contributed by atoms with Gasteiger partial charge in [-0.2, -0.15) is 0 Å². The van der Waals surface area contributed by atoms with Crippen molar-refractivity contribution in [3.05, 3.63) is 53.3 Å². The van der Waals surface area contributed by atoms with Crippen molar-refractivity contribution in [1.29, 1.82) is 0 Å². The van der Waals surface area contributed by atoms with Gasteiger partial charge in [-0.3, -0.25) is 4.79 Å². The van der Waals surface area contributed by atoms with Crippen LogP contribution in [0.4, 0.5) is 11.4 Å². The zero-order chi connectivity index (χ0) is 15.2. The molecular formula is C16H18ClN3O. The fraction of sp³-hybridized carbons (Fsp3) is 0.250.